The average Bonchev–Trinajstić information content (AvgIpc) is 4.01. The van der Waals surface area contributed by atoms with Crippen LogP contribution in [0.4, 0.5) is 8.78 Å². The van der Waals surface area contributed by atoms with Gasteiger partial charge in [-0.15, -0.1) is 0 Å². The molecule has 4 aromatic heterocycles. The number of benzene rings is 9. The lowest BCUT2D eigenvalue weighted by Gasteiger charge is -2.13. The van der Waals surface area contributed by atoms with Gasteiger partial charge < -0.3 is 13.7 Å². The molecule has 0 aliphatic carbocycles. The number of para-hydroxylation sites is 5. The van der Waals surface area contributed by atoms with E-state index >= 15 is 0 Å². The van der Waals surface area contributed by atoms with Crippen LogP contribution in [0.15, 0.2) is 212 Å². The molecule has 0 spiro atoms. The summed E-state index contributed by atoms with van der Waals surface area (Å²) in [6.07, 6.45) is 0. The van der Waals surface area contributed by atoms with Gasteiger partial charge in [-0.25, -0.2) is 18.7 Å². The number of fused-ring (bicyclic) bond motifs is 12. The Morgan fingerprint density at radius 2 is 0.662 bits per heavy atom. The van der Waals surface area contributed by atoms with Gasteiger partial charge >= 0.3 is 0 Å². The summed E-state index contributed by atoms with van der Waals surface area (Å²) in [5.74, 6) is -0.167. The van der Waals surface area contributed by atoms with Crippen molar-refractivity contribution in [3.8, 4) is 51.0 Å². The minimum Gasteiger partial charge on any atom is -0.308 e. The number of rotatable bonds is 6. The van der Waals surface area contributed by atoms with E-state index in [1.54, 1.807) is 24.3 Å². The summed E-state index contributed by atoms with van der Waals surface area (Å²) >= 11 is 0. The topological polar surface area (TPSA) is 40.6 Å². The first-order valence-electron chi connectivity index (χ1n) is 21.6. The van der Waals surface area contributed by atoms with Gasteiger partial charge in [0, 0.05) is 66.1 Å². The van der Waals surface area contributed by atoms with Crippen molar-refractivity contribution in [3.05, 3.63) is 224 Å². The van der Waals surface area contributed by atoms with E-state index in [-0.39, 0.29) is 11.6 Å². The first-order chi connectivity index (χ1) is 32.1. The molecule has 0 N–H and O–H groups in total. The summed E-state index contributed by atoms with van der Waals surface area (Å²) in [4.78, 5) is 10.3. The zero-order valence-electron chi connectivity index (χ0n) is 34.7. The van der Waals surface area contributed by atoms with Crippen LogP contribution in [0.1, 0.15) is 0 Å². The van der Waals surface area contributed by atoms with Crippen molar-refractivity contribution in [1.82, 2.24) is 23.7 Å². The predicted octanol–water partition coefficient (Wildman–Crippen LogP) is 15.0. The molecule has 0 saturated heterocycles. The highest BCUT2D eigenvalue weighted by Gasteiger charge is 2.29. The van der Waals surface area contributed by atoms with Crippen LogP contribution in [-0.4, -0.2) is 23.7 Å². The van der Waals surface area contributed by atoms with Crippen LogP contribution in [-0.2, 0) is 0 Å². The van der Waals surface area contributed by atoms with Gasteiger partial charge in [0.2, 0.25) is 0 Å². The van der Waals surface area contributed by atoms with Gasteiger partial charge in [0.1, 0.15) is 11.6 Å². The third-order valence-electron chi connectivity index (χ3n) is 12.7. The molecule has 7 heteroatoms. The van der Waals surface area contributed by atoms with Crippen molar-refractivity contribution in [1.29, 1.82) is 0 Å². The normalized spacial score (nSPS) is 11.8. The Morgan fingerprint density at radius 1 is 0.308 bits per heavy atom. The van der Waals surface area contributed by atoms with Crippen LogP contribution in [0.25, 0.3) is 116 Å². The molecule has 0 atom stereocenters. The standard InChI is InChI=1S/C58H35F2N5/c59-39-29-24-36(25-30-39)47-35-48(37-26-31-40(60)32-27-37)62-58(61-47)38-28-33-51-46(34-38)54-56-52(45-21-11-13-23-50(45)64(56)42-16-6-2-7-17-42)55-53(57(54)65(51)43-18-8-3-9-19-43)44-20-10-12-22-49(44)63(55)41-14-4-1-5-15-41/h1-35H. The maximum Gasteiger partial charge on any atom is 0.160 e. The molecule has 0 saturated carbocycles. The van der Waals surface area contributed by atoms with Crippen LogP contribution in [0.3, 0.4) is 0 Å². The highest BCUT2D eigenvalue weighted by molar-refractivity contribution is 6.40. The van der Waals surface area contributed by atoms with E-state index in [1.165, 1.54) is 24.3 Å². The Hall–Kier alpha value is -8.68. The molecule has 0 bridgehead atoms. The SMILES string of the molecule is Fc1ccc(-c2cc(-c3ccc(F)cc3)nc(-c3ccc4c(c3)c3c5c(c6ccccc6n5-c5ccccc5)c5c(c6ccccc6n5-c5ccccc5)c3n4-c3ccccc3)n2)cc1. The highest BCUT2D eigenvalue weighted by atomic mass is 19.1. The fourth-order valence-electron chi connectivity index (χ4n) is 9.99. The molecule has 9 aromatic carbocycles. The Morgan fingerprint density at radius 3 is 1.09 bits per heavy atom. The van der Waals surface area contributed by atoms with Gasteiger partial charge in [0.15, 0.2) is 5.82 Å². The van der Waals surface area contributed by atoms with Crippen molar-refractivity contribution in [2.24, 2.45) is 0 Å². The molecule has 0 unspecified atom stereocenters. The van der Waals surface area contributed by atoms with E-state index in [4.69, 9.17) is 9.97 Å². The summed E-state index contributed by atoms with van der Waals surface area (Å²) in [7, 11) is 0. The maximum atomic E-state index is 14.2. The van der Waals surface area contributed by atoms with Gasteiger partial charge in [-0.05, 0) is 121 Å². The van der Waals surface area contributed by atoms with E-state index in [9.17, 15) is 8.78 Å². The first kappa shape index (κ1) is 36.9. The minimum atomic E-state index is -0.331. The monoisotopic (exact) mass is 839 g/mol. The average molecular weight is 840 g/mol. The fraction of sp³-hybridized carbons (Fsp3) is 0. The van der Waals surface area contributed by atoms with Gasteiger partial charge in [0.25, 0.3) is 0 Å². The first-order valence-corrected chi connectivity index (χ1v) is 21.6. The van der Waals surface area contributed by atoms with Crippen molar-refractivity contribution in [2.45, 2.75) is 0 Å². The molecule has 4 heterocycles. The van der Waals surface area contributed by atoms with Gasteiger partial charge in [-0.3, -0.25) is 0 Å². The van der Waals surface area contributed by atoms with Crippen LogP contribution in [0, 0.1) is 11.6 Å². The van der Waals surface area contributed by atoms with Gasteiger partial charge in [-0.2, -0.15) is 0 Å². The lowest BCUT2D eigenvalue weighted by Crippen LogP contribution is -1.97. The Balaban J connectivity index is 1.25. The van der Waals surface area contributed by atoms with Crippen molar-refractivity contribution < 1.29 is 8.78 Å². The second-order valence-corrected chi connectivity index (χ2v) is 16.4. The zero-order chi connectivity index (χ0) is 43.2. The molecule has 65 heavy (non-hydrogen) atoms. The van der Waals surface area contributed by atoms with Crippen molar-refractivity contribution in [2.75, 3.05) is 0 Å². The van der Waals surface area contributed by atoms with Crippen LogP contribution in [0.2, 0.25) is 0 Å². The molecular formula is C58H35F2N5. The second-order valence-electron chi connectivity index (χ2n) is 16.4. The van der Waals surface area contributed by atoms with E-state index < -0.39 is 0 Å². The minimum absolute atomic E-state index is 0.331. The van der Waals surface area contributed by atoms with Gasteiger partial charge in [-0.1, -0.05) is 91.0 Å². The maximum absolute atomic E-state index is 14.2. The largest absolute Gasteiger partial charge is 0.308 e. The van der Waals surface area contributed by atoms with Crippen molar-refractivity contribution in [3.63, 3.8) is 0 Å². The molecular weight excluding hydrogens is 805 g/mol. The quantitative estimate of drug-likeness (QED) is 0.167. The summed E-state index contributed by atoms with van der Waals surface area (Å²) in [5.41, 5.74) is 13.3. The summed E-state index contributed by atoms with van der Waals surface area (Å²) in [6.45, 7) is 0. The van der Waals surface area contributed by atoms with E-state index in [0.717, 1.165) is 99.2 Å². The Kier molecular flexibility index (Phi) is 8.20. The molecule has 0 amide bonds. The number of nitrogens with zero attached hydrogens (tertiary/aromatic N) is 5. The molecule has 0 aliphatic rings. The third kappa shape index (κ3) is 5.69. The lowest BCUT2D eigenvalue weighted by atomic mass is 10.0. The number of hydrogen-bond acceptors (Lipinski definition) is 2. The Labute approximate surface area is 371 Å². The smallest absolute Gasteiger partial charge is 0.160 e. The molecule has 306 valence electrons. The Bertz CT molecular complexity index is 3880. The molecule has 5 nitrogen and oxygen atoms in total. The van der Waals surface area contributed by atoms with E-state index in [0.29, 0.717) is 17.2 Å². The molecule has 13 rings (SSSR count). The van der Waals surface area contributed by atoms with E-state index in [2.05, 4.69) is 171 Å². The van der Waals surface area contributed by atoms with Crippen LogP contribution in [0.5, 0.6) is 0 Å². The fourth-order valence-corrected chi connectivity index (χ4v) is 9.99. The van der Waals surface area contributed by atoms with Crippen LogP contribution < -0.4 is 0 Å². The molecule has 13 aromatic rings. The van der Waals surface area contributed by atoms with Gasteiger partial charge in [0.05, 0.1) is 44.5 Å². The highest BCUT2D eigenvalue weighted by Crippen LogP contribution is 2.50. The summed E-state index contributed by atoms with van der Waals surface area (Å²) in [5, 5.41) is 6.72. The third-order valence-corrected chi connectivity index (χ3v) is 12.7. The number of hydrogen-bond donors (Lipinski definition) is 0. The number of aromatic nitrogens is 5. The lowest BCUT2D eigenvalue weighted by molar-refractivity contribution is 0.627. The molecule has 0 aliphatic heterocycles. The predicted molar refractivity (Wildman–Crippen MR) is 261 cm³/mol. The second kappa shape index (κ2) is 14.4. The van der Waals surface area contributed by atoms with E-state index in [1.807, 2.05) is 6.07 Å². The molecule has 0 radical (unpaired) electrons. The summed E-state index contributed by atoms with van der Waals surface area (Å²) < 4.78 is 35.8. The summed E-state index contributed by atoms with van der Waals surface area (Å²) in [6, 6.07) is 70.4. The van der Waals surface area contributed by atoms with Crippen molar-refractivity contribution >= 4 is 65.4 Å². The zero-order valence-corrected chi connectivity index (χ0v) is 34.7. The number of halogens is 2. The molecule has 0 fully saturated rings. The van der Waals surface area contributed by atoms with Crippen LogP contribution >= 0.6 is 0 Å².